The van der Waals surface area contributed by atoms with Crippen molar-refractivity contribution in [3.8, 4) is 0 Å². The molecule has 1 rings (SSSR count). The van der Waals surface area contributed by atoms with E-state index in [-0.39, 0.29) is 5.91 Å². The van der Waals surface area contributed by atoms with E-state index < -0.39 is 0 Å². The van der Waals surface area contributed by atoms with Gasteiger partial charge in [0.2, 0.25) is 5.91 Å². The molecule has 0 aliphatic rings. The van der Waals surface area contributed by atoms with Crippen LogP contribution in [0.3, 0.4) is 0 Å². The molecule has 0 aromatic carbocycles. The molecule has 0 aliphatic carbocycles. The summed E-state index contributed by atoms with van der Waals surface area (Å²) in [7, 11) is 0. The van der Waals surface area contributed by atoms with E-state index in [1.54, 1.807) is 11.3 Å². The van der Waals surface area contributed by atoms with Gasteiger partial charge in [-0.25, -0.2) is 0 Å². The Morgan fingerprint density at radius 1 is 1.47 bits per heavy atom. The first kappa shape index (κ1) is 12.2. The number of hydrogen-bond acceptors (Lipinski definition) is 3. The van der Waals surface area contributed by atoms with Gasteiger partial charge in [-0.15, -0.1) is 0 Å². The maximum absolute atomic E-state index is 11.2. The molecule has 4 heteroatoms. The Bertz CT molecular complexity index is 309. The zero-order chi connectivity index (χ0) is 11.1. The maximum Gasteiger partial charge on any atom is 0.233 e. The Morgan fingerprint density at radius 2 is 2.27 bits per heavy atom. The van der Waals surface area contributed by atoms with Crippen LogP contribution >= 0.6 is 11.3 Å². The van der Waals surface area contributed by atoms with Gasteiger partial charge in [-0.05, 0) is 35.2 Å². The van der Waals surface area contributed by atoms with Crippen LogP contribution in [0.1, 0.15) is 24.5 Å². The van der Waals surface area contributed by atoms with Crippen LogP contribution in [0.25, 0.3) is 0 Å². The van der Waals surface area contributed by atoms with Gasteiger partial charge in [0.25, 0.3) is 0 Å². The number of carbonyl (C=O) groups excluding carboxylic acids is 1. The number of rotatable bonds is 6. The first-order chi connectivity index (χ1) is 7.24. The molecular weight excluding hydrogens is 208 g/mol. The summed E-state index contributed by atoms with van der Waals surface area (Å²) in [5, 5.41) is 10.2. The summed E-state index contributed by atoms with van der Waals surface area (Å²) in [6.45, 7) is 6.06. The lowest BCUT2D eigenvalue weighted by Crippen LogP contribution is -2.33. The number of aryl methyl sites for hydroxylation is 1. The highest BCUT2D eigenvalue weighted by atomic mass is 32.1. The van der Waals surface area contributed by atoms with Gasteiger partial charge in [0.15, 0.2) is 0 Å². The molecule has 0 fully saturated rings. The smallest absolute Gasteiger partial charge is 0.233 e. The van der Waals surface area contributed by atoms with Gasteiger partial charge in [0, 0.05) is 13.1 Å². The van der Waals surface area contributed by atoms with Gasteiger partial charge < -0.3 is 10.6 Å². The normalized spacial score (nSPS) is 10.3. The van der Waals surface area contributed by atoms with E-state index in [4.69, 9.17) is 0 Å². The summed E-state index contributed by atoms with van der Waals surface area (Å²) in [4.78, 5) is 11.2. The molecule has 0 spiro atoms. The van der Waals surface area contributed by atoms with E-state index in [2.05, 4.69) is 28.3 Å². The van der Waals surface area contributed by atoms with E-state index in [0.717, 1.165) is 19.5 Å². The van der Waals surface area contributed by atoms with Crippen molar-refractivity contribution in [3.63, 3.8) is 0 Å². The Labute approximate surface area is 94.9 Å². The van der Waals surface area contributed by atoms with Gasteiger partial charge in [-0.3, -0.25) is 4.79 Å². The molecule has 1 amide bonds. The molecule has 0 aliphatic heterocycles. The topological polar surface area (TPSA) is 41.1 Å². The molecule has 84 valence electrons. The Hall–Kier alpha value is -0.870. The lowest BCUT2D eigenvalue weighted by Gasteiger charge is -2.05. The summed E-state index contributed by atoms with van der Waals surface area (Å²) in [5.74, 6) is 0.0738. The second-order valence-electron chi connectivity index (χ2n) is 3.53. The van der Waals surface area contributed by atoms with Crippen LogP contribution in [0, 0.1) is 6.92 Å². The number of nitrogens with one attached hydrogen (secondary N) is 2. The van der Waals surface area contributed by atoms with Crippen LogP contribution in [0.15, 0.2) is 10.8 Å². The zero-order valence-electron chi connectivity index (χ0n) is 9.30. The van der Waals surface area contributed by atoms with Crippen molar-refractivity contribution < 1.29 is 4.79 Å². The third-order valence-electron chi connectivity index (χ3n) is 2.13. The molecule has 1 heterocycles. The van der Waals surface area contributed by atoms with E-state index in [1.807, 2.05) is 6.92 Å². The van der Waals surface area contributed by atoms with Crippen molar-refractivity contribution in [2.45, 2.75) is 26.8 Å². The van der Waals surface area contributed by atoms with Crippen molar-refractivity contribution in [2.24, 2.45) is 0 Å². The summed E-state index contributed by atoms with van der Waals surface area (Å²) in [6, 6.07) is 0. The largest absolute Gasteiger partial charge is 0.355 e. The molecule has 15 heavy (non-hydrogen) atoms. The average Bonchev–Trinajstić information content (AvgIpc) is 2.61. The second-order valence-corrected chi connectivity index (χ2v) is 4.28. The summed E-state index contributed by atoms with van der Waals surface area (Å²) >= 11 is 1.70. The van der Waals surface area contributed by atoms with Crippen LogP contribution in [0.4, 0.5) is 0 Å². The molecule has 0 atom stereocenters. The standard InChI is InChI=1S/C11H18N2OS/c1-3-4-13-11(14)6-12-5-10-8-15-7-9(10)2/h7-8,12H,3-6H2,1-2H3,(H,13,14). The highest BCUT2D eigenvalue weighted by Gasteiger charge is 2.01. The predicted molar refractivity (Wildman–Crippen MR) is 64.1 cm³/mol. The average molecular weight is 226 g/mol. The first-order valence-corrected chi connectivity index (χ1v) is 6.17. The fraction of sp³-hybridized carbons (Fsp3) is 0.545. The molecule has 1 aromatic heterocycles. The SMILES string of the molecule is CCCNC(=O)CNCc1cscc1C. The van der Waals surface area contributed by atoms with Crippen molar-refractivity contribution in [2.75, 3.05) is 13.1 Å². The van der Waals surface area contributed by atoms with Gasteiger partial charge in [0.1, 0.15) is 0 Å². The van der Waals surface area contributed by atoms with E-state index in [0.29, 0.717) is 6.54 Å². The molecule has 0 unspecified atom stereocenters. The quantitative estimate of drug-likeness (QED) is 0.775. The lowest BCUT2D eigenvalue weighted by molar-refractivity contribution is -0.120. The van der Waals surface area contributed by atoms with Crippen molar-refractivity contribution in [3.05, 3.63) is 21.9 Å². The third-order valence-corrected chi connectivity index (χ3v) is 3.05. The fourth-order valence-electron chi connectivity index (χ4n) is 1.21. The van der Waals surface area contributed by atoms with Crippen molar-refractivity contribution >= 4 is 17.2 Å². The molecule has 1 aromatic rings. The minimum absolute atomic E-state index is 0.0738. The van der Waals surface area contributed by atoms with Gasteiger partial charge in [-0.2, -0.15) is 11.3 Å². The lowest BCUT2D eigenvalue weighted by atomic mass is 10.2. The molecule has 0 bridgehead atoms. The molecule has 0 radical (unpaired) electrons. The minimum atomic E-state index is 0.0738. The van der Waals surface area contributed by atoms with Gasteiger partial charge >= 0.3 is 0 Å². The third kappa shape index (κ3) is 4.44. The van der Waals surface area contributed by atoms with E-state index in [1.165, 1.54) is 11.1 Å². The molecular formula is C11H18N2OS. The van der Waals surface area contributed by atoms with E-state index in [9.17, 15) is 4.79 Å². The summed E-state index contributed by atoms with van der Waals surface area (Å²) < 4.78 is 0. The van der Waals surface area contributed by atoms with E-state index >= 15 is 0 Å². The van der Waals surface area contributed by atoms with Gasteiger partial charge in [0.05, 0.1) is 6.54 Å². The van der Waals surface area contributed by atoms with Crippen LogP contribution < -0.4 is 10.6 Å². The molecule has 0 saturated carbocycles. The van der Waals surface area contributed by atoms with Gasteiger partial charge in [-0.1, -0.05) is 6.92 Å². The fourth-order valence-corrected chi connectivity index (χ4v) is 2.06. The minimum Gasteiger partial charge on any atom is -0.355 e. The zero-order valence-corrected chi connectivity index (χ0v) is 10.1. The van der Waals surface area contributed by atoms with Crippen LogP contribution in [-0.4, -0.2) is 19.0 Å². The first-order valence-electron chi connectivity index (χ1n) is 5.23. The highest BCUT2D eigenvalue weighted by molar-refractivity contribution is 7.08. The van der Waals surface area contributed by atoms with Crippen LogP contribution in [-0.2, 0) is 11.3 Å². The van der Waals surface area contributed by atoms with Crippen LogP contribution in [0.2, 0.25) is 0 Å². The Kier molecular flexibility index (Phi) is 5.36. The maximum atomic E-state index is 11.2. The molecule has 0 saturated heterocycles. The van der Waals surface area contributed by atoms with Crippen molar-refractivity contribution in [1.82, 2.24) is 10.6 Å². The monoisotopic (exact) mass is 226 g/mol. The summed E-state index contributed by atoms with van der Waals surface area (Å²) in [6.07, 6.45) is 0.982. The molecule has 2 N–H and O–H groups in total. The highest BCUT2D eigenvalue weighted by Crippen LogP contribution is 2.12. The predicted octanol–water partition coefficient (Wildman–Crippen LogP) is 1.67. The molecule has 3 nitrogen and oxygen atoms in total. The van der Waals surface area contributed by atoms with Crippen LogP contribution in [0.5, 0.6) is 0 Å². The summed E-state index contributed by atoms with van der Waals surface area (Å²) in [5.41, 5.74) is 2.57. The number of hydrogen-bond donors (Lipinski definition) is 2. The Morgan fingerprint density at radius 3 is 2.87 bits per heavy atom. The number of thiophene rings is 1. The number of carbonyl (C=O) groups is 1. The Balaban J connectivity index is 2.16. The van der Waals surface area contributed by atoms with Crippen molar-refractivity contribution in [1.29, 1.82) is 0 Å². The second kappa shape index (κ2) is 6.58. The number of amides is 1.